The number of nitrogens with one attached hydrogen (secondary N) is 1. The van der Waals surface area contributed by atoms with Crippen LogP contribution in [0.1, 0.15) is 75.7 Å². The van der Waals surface area contributed by atoms with Gasteiger partial charge in [-0.15, -0.1) is 5.10 Å². The number of hydrogen-bond donors (Lipinski definition) is 1. The number of carbonyl (C=O) groups is 1. The molecule has 1 aromatic carbocycles. The fourth-order valence-corrected chi connectivity index (χ4v) is 4.78. The Morgan fingerprint density at radius 3 is 2.55 bits per heavy atom. The molecule has 3 heterocycles. The van der Waals surface area contributed by atoms with Gasteiger partial charge in [0.15, 0.2) is 11.2 Å². The highest BCUT2D eigenvalue weighted by Crippen LogP contribution is 2.32. The highest BCUT2D eigenvalue weighted by Gasteiger charge is 2.33. The van der Waals surface area contributed by atoms with Crippen molar-refractivity contribution in [1.82, 2.24) is 29.9 Å². The van der Waals surface area contributed by atoms with Crippen molar-refractivity contribution in [3.8, 4) is 0 Å². The summed E-state index contributed by atoms with van der Waals surface area (Å²) in [6.07, 6.45) is 4.97. The summed E-state index contributed by atoms with van der Waals surface area (Å²) in [4.78, 5) is 35.2. The zero-order valence-corrected chi connectivity index (χ0v) is 19.7. The monoisotopic (exact) mass is 448 g/mol. The average molecular weight is 449 g/mol. The second kappa shape index (κ2) is 8.39. The fourth-order valence-electron chi connectivity index (χ4n) is 4.78. The Bertz CT molecular complexity index is 1220. The summed E-state index contributed by atoms with van der Waals surface area (Å²) in [5.41, 5.74) is 2.92. The highest BCUT2D eigenvalue weighted by atomic mass is 16.2. The summed E-state index contributed by atoms with van der Waals surface area (Å²) in [6, 6.07) is 8.45. The van der Waals surface area contributed by atoms with Crippen LogP contribution in [-0.4, -0.2) is 48.9 Å². The van der Waals surface area contributed by atoms with E-state index in [1.54, 1.807) is 4.68 Å². The number of fused-ring (bicyclic) bond motifs is 1. The summed E-state index contributed by atoms with van der Waals surface area (Å²) < 4.78 is 1.69. The minimum Gasteiger partial charge on any atom is -0.342 e. The lowest BCUT2D eigenvalue weighted by atomic mass is 9.83. The molecule has 1 saturated carbocycles. The van der Waals surface area contributed by atoms with E-state index in [-0.39, 0.29) is 34.2 Å². The van der Waals surface area contributed by atoms with Crippen molar-refractivity contribution < 1.29 is 4.79 Å². The minimum absolute atomic E-state index is 0.0225. The summed E-state index contributed by atoms with van der Waals surface area (Å²) >= 11 is 0. The van der Waals surface area contributed by atoms with E-state index in [1.807, 2.05) is 4.90 Å². The molecule has 1 N–H and O–H groups in total. The minimum atomic E-state index is -0.272. The van der Waals surface area contributed by atoms with Gasteiger partial charge in [0.2, 0.25) is 5.91 Å². The Labute approximate surface area is 193 Å². The van der Waals surface area contributed by atoms with Crippen LogP contribution < -0.4 is 5.56 Å². The quantitative estimate of drug-likeness (QED) is 0.660. The summed E-state index contributed by atoms with van der Waals surface area (Å²) in [7, 11) is 0. The summed E-state index contributed by atoms with van der Waals surface area (Å²) in [5.74, 6) is 1.10. The number of piperidine rings is 1. The topological polar surface area (TPSA) is 96.8 Å². The summed E-state index contributed by atoms with van der Waals surface area (Å²) in [5, 5.41) is 8.30. The molecule has 0 unspecified atom stereocenters. The van der Waals surface area contributed by atoms with Crippen molar-refractivity contribution in [3.05, 3.63) is 51.6 Å². The van der Waals surface area contributed by atoms with Gasteiger partial charge in [-0.3, -0.25) is 9.59 Å². The number of amides is 1. The van der Waals surface area contributed by atoms with Gasteiger partial charge in [0.1, 0.15) is 5.82 Å². The Balaban J connectivity index is 1.39. The van der Waals surface area contributed by atoms with Gasteiger partial charge in [-0.1, -0.05) is 56.7 Å². The Morgan fingerprint density at radius 2 is 1.88 bits per heavy atom. The molecule has 1 amide bonds. The zero-order valence-electron chi connectivity index (χ0n) is 19.7. The van der Waals surface area contributed by atoms with E-state index < -0.39 is 0 Å². The van der Waals surface area contributed by atoms with Gasteiger partial charge in [0.25, 0.3) is 5.56 Å². The molecule has 8 nitrogen and oxygen atoms in total. The lowest BCUT2D eigenvalue weighted by molar-refractivity contribution is -0.139. The second-order valence-electron chi connectivity index (χ2n) is 10.6. The van der Waals surface area contributed by atoms with Gasteiger partial charge in [-0.25, -0.2) is 9.67 Å². The zero-order chi connectivity index (χ0) is 23.2. The first-order chi connectivity index (χ1) is 15.8. The van der Waals surface area contributed by atoms with E-state index in [4.69, 9.17) is 4.98 Å². The van der Waals surface area contributed by atoms with Crippen molar-refractivity contribution in [3.63, 3.8) is 0 Å². The molecule has 1 saturated heterocycles. The van der Waals surface area contributed by atoms with Gasteiger partial charge >= 0.3 is 0 Å². The van der Waals surface area contributed by atoms with Crippen LogP contribution in [0, 0.1) is 5.92 Å². The molecule has 174 valence electrons. The van der Waals surface area contributed by atoms with Crippen LogP contribution in [0.2, 0.25) is 0 Å². The first-order valence-electron chi connectivity index (χ1n) is 12.0. The van der Waals surface area contributed by atoms with E-state index in [1.165, 1.54) is 5.56 Å². The van der Waals surface area contributed by atoms with Gasteiger partial charge in [-0.05, 0) is 42.2 Å². The van der Waals surface area contributed by atoms with E-state index in [0.29, 0.717) is 24.6 Å². The summed E-state index contributed by atoms with van der Waals surface area (Å²) in [6.45, 7) is 8.47. The van der Waals surface area contributed by atoms with E-state index in [9.17, 15) is 9.59 Å². The van der Waals surface area contributed by atoms with Gasteiger partial charge < -0.3 is 9.88 Å². The molecule has 2 aromatic heterocycles. The third-order valence-corrected chi connectivity index (χ3v) is 7.12. The van der Waals surface area contributed by atoms with Gasteiger partial charge in [0.05, 0.1) is 6.54 Å². The maximum atomic E-state index is 12.8. The normalized spacial score (nSPS) is 19.6. The van der Waals surface area contributed by atoms with Crippen molar-refractivity contribution in [1.29, 1.82) is 0 Å². The van der Waals surface area contributed by atoms with Crippen LogP contribution in [0.5, 0.6) is 0 Å². The van der Waals surface area contributed by atoms with Crippen LogP contribution in [-0.2, 0) is 16.8 Å². The lowest BCUT2D eigenvalue weighted by Gasteiger charge is -2.36. The number of H-pyrrole nitrogens is 1. The molecule has 0 radical (unpaired) electrons. The lowest BCUT2D eigenvalue weighted by Crippen LogP contribution is -2.44. The Kier molecular flexibility index (Phi) is 5.54. The molecular weight excluding hydrogens is 416 g/mol. The van der Waals surface area contributed by atoms with Crippen LogP contribution in [0.4, 0.5) is 0 Å². The molecule has 33 heavy (non-hydrogen) atoms. The largest absolute Gasteiger partial charge is 0.342 e. The van der Waals surface area contributed by atoms with E-state index in [2.05, 4.69) is 60.3 Å². The molecule has 2 aliphatic rings. The number of hydrogen-bond acceptors (Lipinski definition) is 5. The maximum absolute atomic E-state index is 12.8. The SMILES string of the molecule is CC(C)(C)c1ccc(Cn2nnc3c(=O)[nH]c([C@@H]4CCCN(C(=O)C5CCC5)C4)nc32)cc1. The predicted octanol–water partition coefficient (Wildman–Crippen LogP) is 3.37. The number of aromatic amines is 1. The smallest absolute Gasteiger partial charge is 0.281 e. The van der Waals surface area contributed by atoms with Crippen LogP contribution >= 0.6 is 0 Å². The molecule has 3 aromatic rings. The van der Waals surface area contributed by atoms with Gasteiger partial charge in [0, 0.05) is 24.9 Å². The Hall–Kier alpha value is -3.03. The molecule has 5 rings (SSSR count). The van der Waals surface area contributed by atoms with Crippen LogP contribution in [0.15, 0.2) is 29.1 Å². The molecular formula is C25H32N6O2. The standard InChI is InChI=1S/C25H32N6O2/c1-25(2,3)19-11-9-16(10-12-19)14-31-22-20(28-29-31)23(32)27-21(26-22)18-8-5-13-30(15-18)24(33)17-6-4-7-17/h9-12,17-18H,4-8,13-15H2,1-3H3,(H,26,27,32)/t18-/m1/s1. The molecule has 0 spiro atoms. The number of carbonyl (C=O) groups excluding carboxylic acids is 1. The van der Waals surface area contributed by atoms with E-state index in [0.717, 1.165) is 44.2 Å². The van der Waals surface area contributed by atoms with Crippen molar-refractivity contribution in [2.75, 3.05) is 13.1 Å². The molecule has 1 aliphatic carbocycles. The van der Waals surface area contributed by atoms with Crippen molar-refractivity contribution in [2.45, 2.75) is 70.8 Å². The molecule has 0 bridgehead atoms. The third kappa shape index (κ3) is 4.30. The van der Waals surface area contributed by atoms with Crippen molar-refractivity contribution >= 4 is 17.1 Å². The maximum Gasteiger partial charge on any atom is 0.281 e. The number of nitrogens with zero attached hydrogens (tertiary/aromatic N) is 5. The van der Waals surface area contributed by atoms with Gasteiger partial charge in [-0.2, -0.15) is 0 Å². The predicted molar refractivity (Wildman–Crippen MR) is 126 cm³/mol. The number of likely N-dealkylation sites (tertiary alicyclic amines) is 1. The highest BCUT2D eigenvalue weighted by molar-refractivity contribution is 5.79. The van der Waals surface area contributed by atoms with E-state index >= 15 is 0 Å². The second-order valence-corrected chi connectivity index (χ2v) is 10.6. The van der Waals surface area contributed by atoms with Crippen LogP contribution in [0.25, 0.3) is 11.2 Å². The molecule has 8 heteroatoms. The fraction of sp³-hybridized carbons (Fsp3) is 0.560. The molecule has 2 fully saturated rings. The third-order valence-electron chi connectivity index (χ3n) is 7.12. The molecule has 1 aliphatic heterocycles. The Morgan fingerprint density at radius 1 is 1.12 bits per heavy atom. The number of benzene rings is 1. The van der Waals surface area contributed by atoms with Crippen molar-refractivity contribution in [2.24, 2.45) is 5.92 Å². The first kappa shape index (κ1) is 21.8. The molecule has 1 atom stereocenters. The number of rotatable bonds is 4. The first-order valence-corrected chi connectivity index (χ1v) is 12.0. The average Bonchev–Trinajstić information content (AvgIpc) is 3.15. The van der Waals surface area contributed by atoms with Crippen LogP contribution in [0.3, 0.4) is 0 Å². The number of aromatic nitrogens is 5.